The van der Waals surface area contributed by atoms with Crippen LogP contribution >= 0.6 is 0 Å². The van der Waals surface area contributed by atoms with Gasteiger partial charge in [0, 0.05) is 18.0 Å². The lowest BCUT2D eigenvalue weighted by molar-refractivity contribution is 0.355. The largest absolute Gasteiger partial charge is 0.493 e. The first-order valence-corrected chi connectivity index (χ1v) is 8.45. The highest BCUT2D eigenvalue weighted by molar-refractivity contribution is 5.64. The van der Waals surface area contributed by atoms with Crippen molar-refractivity contribution < 1.29 is 9.47 Å². The minimum Gasteiger partial charge on any atom is -0.493 e. The Hall–Kier alpha value is -2.67. The van der Waals surface area contributed by atoms with E-state index in [-0.39, 0.29) is 0 Å². The van der Waals surface area contributed by atoms with Crippen LogP contribution in [-0.4, -0.2) is 47.1 Å². The number of fused-ring (bicyclic) bond motifs is 1. The van der Waals surface area contributed by atoms with E-state index >= 15 is 0 Å². The van der Waals surface area contributed by atoms with Crippen LogP contribution in [-0.2, 0) is 0 Å². The zero-order valence-corrected chi connectivity index (χ0v) is 14.4. The van der Waals surface area contributed by atoms with Crippen molar-refractivity contribution in [2.45, 2.75) is 18.8 Å². The van der Waals surface area contributed by atoms with E-state index in [0.717, 1.165) is 48.7 Å². The van der Waals surface area contributed by atoms with Crippen LogP contribution in [0.3, 0.4) is 0 Å². The first-order valence-electron chi connectivity index (χ1n) is 8.45. The van der Waals surface area contributed by atoms with Crippen LogP contribution in [0, 0.1) is 0 Å². The fourth-order valence-electron chi connectivity index (χ4n) is 3.28. The van der Waals surface area contributed by atoms with Crippen molar-refractivity contribution in [1.82, 2.24) is 25.1 Å². The van der Waals surface area contributed by atoms with Crippen LogP contribution in [0.2, 0.25) is 0 Å². The van der Waals surface area contributed by atoms with Crippen molar-refractivity contribution >= 4 is 5.65 Å². The second-order valence-corrected chi connectivity index (χ2v) is 6.16. The first kappa shape index (κ1) is 15.8. The van der Waals surface area contributed by atoms with Gasteiger partial charge in [-0.1, -0.05) is 0 Å². The molecule has 0 aliphatic carbocycles. The summed E-state index contributed by atoms with van der Waals surface area (Å²) in [4.78, 5) is 0. The highest BCUT2D eigenvalue weighted by atomic mass is 16.5. The first-order chi connectivity index (χ1) is 12.3. The molecule has 1 fully saturated rings. The van der Waals surface area contributed by atoms with Gasteiger partial charge in [0.2, 0.25) is 0 Å². The number of benzene rings is 1. The monoisotopic (exact) mass is 339 g/mol. The Morgan fingerprint density at radius 2 is 1.96 bits per heavy atom. The molecule has 130 valence electrons. The summed E-state index contributed by atoms with van der Waals surface area (Å²) >= 11 is 0. The lowest BCUT2D eigenvalue weighted by Gasteiger charge is -2.20. The molecule has 1 aliphatic heterocycles. The van der Waals surface area contributed by atoms with E-state index in [1.807, 2.05) is 34.8 Å². The normalized spacial score (nSPS) is 17.6. The molecule has 1 saturated heterocycles. The Labute approximate surface area is 146 Å². The number of nitrogens with zero attached hydrogens (tertiary/aromatic N) is 4. The van der Waals surface area contributed by atoms with Crippen molar-refractivity contribution in [3.05, 3.63) is 36.2 Å². The molecule has 2 aromatic heterocycles. The van der Waals surface area contributed by atoms with Crippen molar-refractivity contribution in [3.63, 3.8) is 0 Å². The molecule has 25 heavy (non-hydrogen) atoms. The average Bonchev–Trinajstić information content (AvgIpc) is 3.11. The molecule has 3 heterocycles. The highest BCUT2D eigenvalue weighted by Crippen LogP contribution is 2.32. The van der Waals surface area contributed by atoms with E-state index in [1.165, 1.54) is 0 Å². The van der Waals surface area contributed by atoms with E-state index < -0.39 is 0 Å². The number of hydrogen-bond donors (Lipinski definition) is 1. The Kier molecular flexibility index (Phi) is 4.23. The molecular weight excluding hydrogens is 318 g/mol. The summed E-state index contributed by atoms with van der Waals surface area (Å²) in [7, 11) is 3.26. The molecule has 1 atom stereocenters. The van der Waals surface area contributed by atoms with Gasteiger partial charge in [-0.25, -0.2) is 0 Å². The number of ether oxygens (including phenoxy) is 2. The molecule has 0 radical (unpaired) electrons. The standard InChI is InChI=1S/C18H21N5O2/c1-24-15-7-5-12(10-16(15)25-2)14-6-8-17-20-21-18(23(17)22-14)13-4-3-9-19-11-13/h5-8,10,13,19H,3-4,9,11H2,1-2H3/t13-/m0/s1. The maximum atomic E-state index is 5.40. The fraction of sp³-hybridized carbons (Fsp3) is 0.389. The molecule has 0 unspecified atom stereocenters. The molecule has 3 aromatic rings. The van der Waals surface area contributed by atoms with Gasteiger partial charge in [-0.05, 0) is 49.7 Å². The number of rotatable bonds is 4. The smallest absolute Gasteiger partial charge is 0.177 e. The number of nitrogens with one attached hydrogen (secondary N) is 1. The van der Waals surface area contributed by atoms with E-state index in [4.69, 9.17) is 14.6 Å². The summed E-state index contributed by atoms with van der Waals surface area (Å²) in [6.45, 7) is 1.99. The number of methoxy groups -OCH3 is 2. The van der Waals surface area contributed by atoms with Gasteiger partial charge in [-0.15, -0.1) is 10.2 Å². The Morgan fingerprint density at radius 3 is 2.72 bits per heavy atom. The predicted octanol–water partition coefficient (Wildman–Crippen LogP) is 2.28. The molecule has 0 spiro atoms. The highest BCUT2D eigenvalue weighted by Gasteiger charge is 2.21. The molecule has 4 rings (SSSR count). The zero-order valence-electron chi connectivity index (χ0n) is 14.4. The zero-order chi connectivity index (χ0) is 17.2. The third kappa shape index (κ3) is 2.91. The van der Waals surface area contributed by atoms with Gasteiger partial charge in [0.1, 0.15) is 0 Å². The topological polar surface area (TPSA) is 73.6 Å². The van der Waals surface area contributed by atoms with Crippen molar-refractivity contribution in [3.8, 4) is 22.8 Å². The summed E-state index contributed by atoms with van der Waals surface area (Å²) in [6, 6.07) is 9.69. The molecule has 0 saturated carbocycles. The summed E-state index contributed by atoms with van der Waals surface area (Å²) in [6.07, 6.45) is 2.25. The molecule has 7 nitrogen and oxygen atoms in total. The Balaban J connectivity index is 1.75. The molecule has 1 aromatic carbocycles. The average molecular weight is 339 g/mol. The van der Waals surface area contributed by atoms with Gasteiger partial charge in [-0.2, -0.15) is 9.61 Å². The molecule has 1 N–H and O–H groups in total. The van der Waals surface area contributed by atoms with Crippen LogP contribution in [0.15, 0.2) is 30.3 Å². The maximum absolute atomic E-state index is 5.40. The van der Waals surface area contributed by atoms with Crippen LogP contribution in [0.1, 0.15) is 24.6 Å². The van der Waals surface area contributed by atoms with Crippen LogP contribution in [0.5, 0.6) is 11.5 Å². The van der Waals surface area contributed by atoms with E-state index in [9.17, 15) is 0 Å². The molecule has 7 heteroatoms. The van der Waals surface area contributed by atoms with E-state index in [0.29, 0.717) is 17.4 Å². The Morgan fingerprint density at radius 1 is 1.08 bits per heavy atom. The quantitative estimate of drug-likeness (QED) is 0.786. The molecule has 0 bridgehead atoms. The lowest BCUT2D eigenvalue weighted by atomic mass is 9.99. The summed E-state index contributed by atoms with van der Waals surface area (Å²) < 4.78 is 12.6. The van der Waals surface area contributed by atoms with Gasteiger partial charge >= 0.3 is 0 Å². The SMILES string of the molecule is COc1ccc(-c2ccc3nnc([C@H]4CCCNC4)n3n2)cc1OC. The molecular formula is C18H21N5O2. The van der Waals surface area contributed by atoms with Gasteiger partial charge in [0.25, 0.3) is 0 Å². The third-order valence-electron chi connectivity index (χ3n) is 4.63. The van der Waals surface area contributed by atoms with E-state index in [2.05, 4.69) is 15.5 Å². The summed E-state index contributed by atoms with van der Waals surface area (Å²) in [5, 5.41) is 16.8. The minimum absolute atomic E-state index is 0.344. The maximum Gasteiger partial charge on any atom is 0.177 e. The van der Waals surface area contributed by atoms with Crippen LogP contribution in [0.4, 0.5) is 0 Å². The van der Waals surface area contributed by atoms with Gasteiger partial charge in [0.15, 0.2) is 23.0 Å². The molecule has 0 amide bonds. The second-order valence-electron chi connectivity index (χ2n) is 6.16. The van der Waals surface area contributed by atoms with Crippen molar-refractivity contribution in [2.75, 3.05) is 27.3 Å². The summed E-state index contributed by atoms with van der Waals surface area (Å²) in [5.41, 5.74) is 2.57. The van der Waals surface area contributed by atoms with Crippen molar-refractivity contribution in [1.29, 1.82) is 0 Å². The lowest BCUT2D eigenvalue weighted by Crippen LogP contribution is -2.29. The molecule has 1 aliphatic rings. The van der Waals surface area contributed by atoms with E-state index in [1.54, 1.807) is 14.2 Å². The Bertz CT molecular complexity index is 886. The van der Waals surface area contributed by atoms with Crippen LogP contribution in [0.25, 0.3) is 16.9 Å². The number of aromatic nitrogens is 4. The van der Waals surface area contributed by atoms with Gasteiger partial charge in [-0.3, -0.25) is 0 Å². The third-order valence-corrected chi connectivity index (χ3v) is 4.63. The van der Waals surface area contributed by atoms with Gasteiger partial charge in [0.05, 0.1) is 19.9 Å². The van der Waals surface area contributed by atoms with Gasteiger partial charge < -0.3 is 14.8 Å². The fourth-order valence-corrected chi connectivity index (χ4v) is 3.28. The van der Waals surface area contributed by atoms with Crippen molar-refractivity contribution in [2.24, 2.45) is 0 Å². The minimum atomic E-state index is 0.344. The summed E-state index contributed by atoms with van der Waals surface area (Å²) in [5.74, 6) is 2.65. The number of piperidine rings is 1. The predicted molar refractivity (Wildman–Crippen MR) is 94.2 cm³/mol. The second kappa shape index (κ2) is 6.68. The number of hydrogen-bond acceptors (Lipinski definition) is 6. The van der Waals surface area contributed by atoms with Crippen LogP contribution < -0.4 is 14.8 Å².